The molecule has 1 atom stereocenters. The highest BCUT2D eigenvalue weighted by molar-refractivity contribution is 7.13. The molecule has 0 amide bonds. The summed E-state index contributed by atoms with van der Waals surface area (Å²) in [5.41, 5.74) is 1.14. The van der Waals surface area contributed by atoms with Crippen LogP contribution in [0.25, 0.3) is 10.7 Å². The second-order valence-corrected chi connectivity index (χ2v) is 5.66. The molecule has 2 heterocycles. The van der Waals surface area contributed by atoms with Crippen LogP contribution >= 0.6 is 11.3 Å². The fraction of sp³-hybridized carbons (Fsp3) is 0.200. The van der Waals surface area contributed by atoms with E-state index in [1.165, 1.54) is 0 Å². The van der Waals surface area contributed by atoms with Gasteiger partial charge in [-0.3, -0.25) is 4.90 Å². The first-order valence-corrected chi connectivity index (χ1v) is 7.22. The molecule has 102 valence electrons. The molecule has 0 unspecified atom stereocenters. The fourth-order valence-corrected chi connectivity index (χ4v) is 2.80. The van der Waals surface area contributed by atoms with Gasteiger partial charge in [0.2, 0.25) is 11.7 Å². The van der Waals surface area contributed by atoms with Crippen LogP contribution in [0.5, 0.6) is 0 Å². The molecule has 0 saturated carbocycles. The van der Waals surface area contributed by atoms with Gasteiger partial charge >= 0.3 is 0 Å². The standard InChI is InChI=1S/C15H15N3OS/c1-18(2)13(11-7-4-3-5-8-11)15-16-14(17-19-15)12-9-6-10-20-12/h3-10,13H,1-2H3/t13-/m0/s1. The van der Waals surface area contributed by atoms with Gasteiger partial charge in [0.25, 0.3) is 0 Å². The Morgan fingerprint density at radius 3 is 2.55 bits per heavy atom. The molecule has 0 fully saturated rings. The smallest absolute Gasteiger partial charge is 0.248 e. The summed E-state index contributed by atoms with van der Waals surface area (Å²) >= 11 is 1.61. The van der Waals surface area contributed by atoms with Crippen LogP contribution in [0, 0.1) is 0 Å². The Labute approximate surface area is 121 Å². The molecule has 1 aromatic carbocycles. The Balaban J connectivity index is 1.97. The lowest BCUT2D eigenvalue weighted by atomic mass is 10.1. The first kappa shape index (κ1) is 13.0. The molecule has 3 rings (SSSR count). The quantitative estimate of drug-likeness (QED) is 0.736. The molecule has 4 nitrogen and oxygen atoms in total. The van der Waals surface area contributed by atoms with Gasteiger partial charge in [-0.1, -0.05) is 41.6 Å². The van der Waals surface area contributed by atoms with E-state index in [1.807, 2.05) is 49.8 Å². The number of benzene rings is 1. The van der Waals surface area contributed by atoms with Gasteiger partial charge in [-0.2, -0.15) is 4.98 Å². The molecule has 0 radical (unpaired) electrons. The van der Waals surface area contributed by atoms with Crippen molar-refractivity contribution in [2.75, 3.05) is 14.1 Å². The summed E-state index contributed by atoms with van der Waals surface area (Å²) < 4.78 is 5.47. The van der Waals surface area contributed by atoms with Crippen LogP contribution in [0.3, 0.4) is 0 Å². The lowest BCUT2D eigenvalue weighted by molar-refractivity contribution is 0.261. The topological polar surface area (TPSA) is 42.2 Å². The normalized spacial score (nSPS) is 12.8. The van der Waals surface area contributed by atoms with Gasteiger partial charge in [-0.25, -0.2) is 0 Å². The number of rotatable bonds is 4. The molecule has 0 saturated heterocycles. The van der Waals surface area contributed by atoms with Crippen molar-refractivity contribution in [1.29, 1.82) is 0 Å². The van der Waals surface area contributed by atoms with Gasteiger partial charge in [0.05, 0.1) is 4.88 Å². The van der Waals surface area contributed by atoms with Crippen LogP contribution < -0.4 is 0 Å². The second-order valence-electron chi connectivity index (χ2n) is 4.71. The molecule has 0 aliphatic heterocycles. The molecular weight excluding hydrogens is 270 g/mol. The van der Waals surface area contributed by atoms with Gasteiger partial charge in [0.15, 0.2) is 0 Å². The first-order valence-electron chi connectivity index (χ1n) is 6.34. The van der Waals surface area contributed by atoms with Crippen LogP contribution in [0.2, 0.25) is 0 Å². The number of aromatic nitrogens is 2. The summed E-state index contributed by atoms with van der Waals surface area (Å²) in [4.78, 5) is 7.63. The first-order chi connectivity index (χ1) is 9.75. The molecule has 2 aromatic heterocycles. The zero-order valence-electron chi connectivity index (χ0n) is 11.4. The maximum Gasteiger partial charge on any atom is 0.248 e. The Morgan fingerprint density at radius 2 is 1.90 bits per heavy atom. The van der Waals surface area contributed by atoms with E-state index in [-0.39, 0.29) is 6.04 Å². The van der Waals surface area contributed by atoms with Gasteiger partial charge < -0.3 is 4.52 Å². The van der Waals surface area contributed by atoms with Crippen LogP contribution in [-0.2, 0) is 0 Å². The van der Waals surface area contributed by atoms with Crippen LogP contribution in [0.1, 0.15) is 17.5 Å². The lowest BCUT2D eigenvalue weighted by Crippen LogP contribution is -2.21. The van der Waals surface area contributed by atoms with E-state index in [9.17, 15) is 0 Å². The van der Waals surface area contributed by atoms with Crippen molar-refractivity contribution in [3.8, 4) is 10.7 Å². The van der Waals surface area contributed by atoms with Crippen molar-refractivity contribution >= 4 is 11.3 Å². The number of nitrogens with zero attached hydrogens (tertiary/aromatic N) is 3. The third-order valence-corrected chi connectivity index (χ3v) is 3.91. The monoisotopic (exact) mass is 285 g/mol. The predicted octanol–water partition coefficient (Wildman–Crippen LogP) is 3.45. The number of thiophene rings is 1. The summed E-state index contributed by atoms with van der Waals surface area (Å²) in [6, 6.07) is 14.1. The Kier molecular flexibility index (Phi) is 3.62. The van der Waals surface area contributed by atoms with E-state index >= 15 is 0 Å². The fourth-order valence-electron chi connectivity index (χ4n) is 2.15. The maximum atomic E-state index is 5.47. The molecule has 0 N–H and O–H groups in total. The number of hydrogen-bond donors (Lipinski definition) is 0. The molecule has 20 heavy (non-hydrogen) atoms. The van der Waals surface area contributed by atoms with Crippen molar-refractivity contribution < 1.29 is 4.52 Å². The third-order valence-electron chi connectivity index (χ3n) is 3.05. The maximum absolute atomic E-state index is 5.47. The summed E-state index contributed by atoms with van der Waals surface area (Å²) in [6.07, 6.45) is 0. The van der Waals surface area contributed by atoms with Crippen molar-refractivity contribution in [2.45, 2.75) is 6.04 Å². The van der Waals surface area contributed by atoms with E-state index in [4.69, 9.17) is 4.52 Å². The van der Waals surface area contributed by atoms with E-state index < -0.39 is 0 Å². The lowest BCUT2D eigenvalue weighted by Gasteiger charge is -2.20. The SMILES string of the molecule is CN(C)[C@@H](c1ccccc1)c1nc(-c2cccs2)no1. The molecular formula is C15H15N3OS. The Hall–Kier alpha value is -1.98. The molecule has 0 aliphatic rings. The van der Waals surface area contributed by atoms with Crippen LogP contribution in [0.4, 0.5) is 0 Å². The summed E-state index contributed by atoms with van der Waals surface area (Å²) in [6.45, 7) is 0. The predicted molar refractivity (Wildman–Crippen MR) is 79.6 cm³/mol. The average Bonchev–Trinajstić information content (AvgIpc) is 3.10. The van der Waals surface area contributed by atoms with E-state index in [0.29, 0.717) is 11.7 Å². The van der Waals surface area contributed by atoms with E-state index in [1.54, 1.807) is 11.3 Å². The highest BCUT2D eigenvalue weighted by Gasteiger charge is 2.23. The third kappa shape index (κ3) is 2.50. The summed E-state index contributed by atoms with van der Waals surface area (Å²) in [7, 11) is 4.01. The number of hydrogen-bond acceptors (Lipinski definition) is 5. The average molecular weight is 285 g/mol. The molecule has 5 heteroatoms. The van der Waals surface area contributed by atoms with E-state index in [2.05, 4.69) is 27.2 Å². The Bertz CT molecular complexity index is 662. The zero-order valence-corrected chi connectivity index (χ0v) is 12.2. The van der Waals surface area contributed by atoms with Gasteiger partial charge in [0.1, 0.15) is 6.04 Å². The van der Waals surface area contributed by atoms with Crippen molar-refractivity contribution in [3.63, 3.8) is 0 Å². The van der Waals surface area contributed by atoms with Crippen LogP contribution in [-0.4, -0.2) is 29.1 Å². The second kappa shape index (κ2) is 5.56. The van der Waals surface area contributed by atoms with Gasteiger partial charge in [0, 0.05) is 0 Å². The largest absolute Gasteiger partial charge is 0.337 e. The highest BCUT2D eigenvalue weighted by atomic mass is 32.1. The molecule has 3 aromatic rings. The van der Waals surface area contributed by atoms with Crippen LogP contribution in [0.15, 0.2) is 52.4 Å². The molecule has 0 aliphatic carbocycles. The molecule has 0 bridgehead atoms. The van der Waals surface area contributed by atoms with Crippen molar-refractivity contribution in [2.24, 2.45) is 0 Å². The van der Waals surface area contributed by atoms with E-state index in [0.717, 1.165) is 10.4 Å². The van der Waals surface area contributed by atoms with Crippen molar-refractivity contribution in [3.05, 3.63) is 59.3 Å². The molecule has 0 spiro atoms. The minimum atomic E-state index is -0.0302. The highest BCUT2D eigenvalue weighted by Crippen LogP contribution is 2.28. The van der Waals surface area contributed by atoms with Crippen molar-refractivity contribution in [1.82, 2.24) is 15.0 Å². The van der Waals surface area contributed by atoms with Gasteiger partial charge in [-0.05, 0) is 31.1 Å². The summed E-state index contributed by atoms with van der Waals surface area (Å²) in [5.74, 6) is 1.27. The zero-order chi connectivity index (χ0) is 13.9. The Morgan fingerprint density at radius 1 is 1.10 bits per heavy atom. The minimum absolute atomic E-state index is 0.0302. The minimum Gasteiger partial charge on any atom is -0.337 e. The van der Waals surface area contributed by atoms with Gasteiger partial charge in [-0.15, -0.1) is 11.3 Å². The summed E-state index contributed by atoms with van der Waals surface area (Å²) in [5, 5.41) is 6.09.